The topological polar surface area (TPSA) is 44.2 Å². The van der Waals surface area contributed by atoms with Crippen molar-refractivity contribution in [2.24, 2.45) is 0 Å². The van der Waals surface area contributed by atoms with Gasteiger partial charge in [-0.2, -0.15) is 18.2 Å². The molecule has 0 aliphatic carbocycles. The molecule has 0 bridgehead atoms. The van der Waals surface area contributed by atoms with Crippen molar-refractivity contribution in [1.29, 1.82) is 0 Å². The van der Waals surface area contributed by atoms with Gasteiger partial charge >= 0.3 is 6.18 Å². The van der Waals surface area contributed by atoms with E-state index in [9.17, 15) is 13.2 Å². The molecule has 1 heterocycles. The predicted molar refractivity (Wildman–Crippen MR) is 69.3 cm³/mol. The number of halogens is 4. The second-order valence-corrected chi connectivity index (χ2v) is 4.36. The highest BCUT2D eigenvalue weighted by Gasteiger charge is 2.34. The molecule has 2 rings (SSSR count). The first-order valence-electron chi connectivity index (χ1n) is 5.76. The summed E-state index contributed by atoms with van der Waals surface area (Å²) in [6, 6.07) is 6.07. The number of nitrogens with zero attached hydrogens (tertiary/aromatic N) is 2. The van der Waals surface area contributed by atoms with E-state index < -0.39 is 11.7 Å². The molecule has 0 spiro atoms. The number of hydrogen-bond acceptors (Lipinski definition) is 4. The van der Waals surface area contributed by atoms with Crippen LogP contribution in [0.2, 0.25) is 5.15 Å². The molecule has 0 N–H and O–H groups in total. The highest BCUT2D eigenvalue weighted by Crippen LogP contribution is 2.37. The molecule has 4 nitrogen and oxygen atoms in total. The van der Waals surface area contributed by atoms with Crippen LogP contribution in [0.1, 0.15) is 11.4 Å². The van der Waals surface area contributed by atoms with Crippen molar-refractivity contribution < 1.29 is 22.6 Å². The molecule has 0 amide bonds. The number of rotatable bonds is 4. The summed E-state index contributed by atoms with van der Waals surface area (Å²) >= 11 is 5.77. The molecular weight excluding hydrogens is 309 g/mol. The standard InChI is InChI=1S/C13H10ClF3N2O2/c1-20-7-11-18-10(14)6-12(19-11)21-9-5-3-2-4-8(9)13(15,16)17/h2-6H,7H2,1H3. The van der Waals surface area contributed by atoms with Crippen molar-refractivity contribution in [3.8, 4) is 11.6 Å². The van der Waals surface area contributed by atoms with E-state index in [-0.39, 0.29) is 29.2 Å². The summed E-state index contributed by atoms with van der Waals surface area (Å²) < 4.78 is 48.7. The zero-order valence-electron chi connectivity index (χ0n) is 10.8. The average molecular weight is 319 g/mol. The van der Waals surface area contributed by atoms with Gasteiger partial charge in [0.25, 0.3) is 0 Å². The van der Waals surface area contributed by atoms with Crippen LogP contribution in [0, 0.1) is 0 Å². The van der Waals surface area contributed by atoms with Gasteiger partial charge in [-0.3, -0.25) is 0 Å². The average Bonchev–Trinajstić information content (AvgIpc) is 2.37. The summed E-state index contributed by atoms with van der Waals surface area (Å²) in [6.45, 7) is 0.0673. The van der Waals surface area contributed by atoms with Crippen LogP contribution in [-0.4, -0.2) is 17.1 Å². The third-order valence-corrected chi connectivity index (χ3v) is 2.59. The molecule has 0 saturated heterocycles. The third kappa shape index (κ3) is 4.05. The lowest BCUT2D eigenvalue weighted by molar-refractivity contribution is -0.138. The Hall–Kier alpha value is -1.86. The van der Waals surface area contributed by atoms with Gasteiger partial charge in [-0.25, -0.2) is 4.98 Å². The molecule has 21 heavy (non-hydrogen) atoms. The first-order valence-corrected chi connectivity index (χ1v) is 6.14. The number of ether oxygens (including phenoxy) is 2. The number of hydrogen-bond donors (Lipinski definition) is 0. The quantitative estimate of drug-likeness (QED) is 0.797. The highest BCUT2D eigenvalue weighted by atomic mass is 35.5. The van der Waals surface area contributed by atoms with Crippen LogP contribution in [0.25, 0.3) is 0 Å². The minimum Gasteiger partial charge on any atom is -0.438 e. The van der Waals surface area contributed by atoms with Crippen LogP contribution < -0.4 is 4.74 Å². The minimum atomic E-state index is -4.53. The molecular formula is C13H10ClF3N2O2. The number of aromatic nitrogens is 2. The van der Waals surface area contributed by atoms with Crippen molar-refractivity contribution in [2.45, 2.75) is 12.8 Å². The van der Waals surface area contributed by atoms with Crippen LogP contribution in [0.15, 0.2) is 30.3 Å². The SMILES string of the molecule is COCc1nc(Cl)cc(Oc2ccccc2C(F)(F)F)n1. The lowest BCUT2D eigenvalue weighted by Gasteiger charge is -2.13. The molecule has 1 aromatic heterocycles. The van der Waals surface area contributed by atoms with E-state index in [1.165, 1.54) is 31.4 Å². The normalized spacial score (nSPS) is 11.5. The number of para-hydroxylation sites is 1. The molecule has 0 fully saturated rings. The Morgan fingerprint density at radius 1 is 1.19 bits per heavy atom. The van der Waals surface area contributed by atoms with Gasteiger partial charge in [-0.1, -0.05) is 23.7 Å². The molecule has 0 aliphatic rings. The Morgan fingerprint density at radius 2 is 1.90 bits per heavy atom. The molecule has 8 heteroatoms. The smallest absolute Gasteiger partial charge is 0.419 e. The fourth-order valence-electron chi connectivity index (χ4n) is 1.59. The van der Waals surface area contributed by atoms with E-state index in [1.807, 2.05) is 0 Å². The first kappa shape index (κ1) is 15.5. The monoisotopic (exact) mass is 318 g/mol. The lowest BCUT2D eigenvalue weighted by Crippen LogP contribution is -2.07. The van der Waals surface area contributed by atoms with Crippen molar-refractivity contribution in [3.63, 3.8) is 0 Å². The van der Waals surface area contributed by atoms with Crippen molar-refractivity contribution >= 4 is 11.6 Å². The molecule has 112 valence electrons. The maximum absolute atomic E-state index is 12.9. The van der Waals surface area contributed by atoms with Gasteiger partial charge in [0.15, 0.2) is 5.82 Å². The largest absolute Gasteiger partial charge is 0.438 e. The number of alkyl halides is 3. The summed E-state index contributed by atoms with van der Waals surface area (Å²) in [5.41, 5.74) is -0.895. The van der Waals surface area contributed by atoms with E-state index in [1.54, 1.807) is 0 Å². The summed E-state index contributed by atoms with van der Waals surface area (Å²) in [7, 11) is 1.43. The molecule has 0 saturated carbocycles. The van der Waals surface area contributed by atoms with Gasteiger partial charge in [0.05, 0.1) is 5.56 Å². The Balaban J connectivity index is 2.35. The highest BCUT2D eigenvalue weighted by molar-refractivity contribution is 6.29. The van der Waals surface area contributed by atoms with Crippen LogP contribution in [0.3, 0.4) is 0 Å². The second-order valence-electron chi connectivity index (χ2n) is 3.97. The van der Waals surface area contributed by atoms with Gasteiger partial charge in [0.2, 0.25) is 5.88 Å². The third-order valence-electron chi connectivity index (χ3n) is 2.40. The van der Waals surface area contributed by atoms with Crippen molar-refractivity contribution in [1.82, 2.24) is 9.97 Å². The zero-order valence-corrected chi connectivity index (χ0v) is 11.6. The van der Waals surface area contributed by atoms with Crippen LogP contribution >= 0.6 is 11.6 Å². The van der Waals surface area contributed by atoms with Gasteiger partial charge in [-0.15, -0.1) is 0 Å². The Bertz CT molecular complexity index is 635. The van der Waals surface area contributed by atoms with Crippen molar-refractivity contribution in [2.75, 3.05) is 7.11 Å². The predicted octanol–water partition coefficient (Wildman–Crippen LogP) is 4.09. The molecule has 0 aliphatic heterocycles. The minimum absolute atomic E-state index is 0.0524. The summed E-state index contributed by atoms with van der Waals surface area (Å²) in [6.07, 6.45) is -4.53. The van der Waals surface area contributed by atoms with E-state index in [2.05, 4.69) is 9.97 Å². The van der Waals surface area contributed by atoms with Crippen LogP contribution in [-0.2, 0) is 17.5 Å². The molecule has 0 atom stereocenters. The Labute approximate surface area is 123 Å². The lowest BCUT2D eigenvalue weighted by atomic mass is 10.2. The number of methoxy groups -OCH3 is 1. The van der Waals surface area contributed by atoms with Gasteiger partial charge in [0, 0.05) is 13.2 Å². The second kappa shape index (κ2) is 6.28. The van der Waals surface area contributed by atoms with Crippen LogP contribution in [0.4, 0.5) is 13.2 Å². The maximum atomic E-state index is 12.9. The Kier molecular flexibility index (Phi) is 4.64. The van der Waals surface area contributed by atoms with Gasteiger partial charge < -0.3 is 9.47 Å². The Morgan fingerprint density at radius 3 is 2.57 bits per heavy atom. The fourth-order valence-corrected chi connectivity index (χ4v) is 1.78. The van der Waals surface area contributed by atoms with E-state index >= 15 is 0 Å². The number of benzene rings is 1. The maximum Gasteiger partial charge on any atom is 0.419 e. The van der Waals surface area contributed by atoms with E-state index in [0.717, 1.165) is 6.07 Å². The summed E-state index contributed by atoms with van der Waals surface area (Å²) in [5, 5.41) is 0.0524. The molecule has 2 aromatic rings. The molecule has 0 unspecified atom stereocenters. The van der Waals surface area contributed by atoms with E-state index in [0.29, 0.717) is 0 Å². The van der Waals surface area contributed by atoms with Gasteiger partial charge in [-0.05, 0) is 12.1 Å². The summed E-state index contributed by atoms with van der Waals surface area (Å²) in [5.74, 6) is -0.230. The first-order chi connectivity index (χ1) is 9.90. The summed E-state index contributed by atoms with van der Waals surface area (Å²) in [4.78, 5) is 7.80. The molecule has 0 radical (unpaired) electrons. The zero-order chi connectivity index (χ0) is 15.5. The molecule has 1 aromatic carbocycles. The van der Waals surface area contributed by atoms with Crippen molar-refractivity contribution in [3.05, 3.63) is 46.9 Å². The fraction of sp³-hybridized carbons (Fsp3) is 0.231. The van der Waals surface area contributed by atoms with Gasteiger partial charge in [0.1, 0.15) is 17.5 Å². The van der Waals surface area contributed by atoms with E-state index in [4.69, 9.17) is 21.1 Å². The van der Waals surface area contributed by atoms with Crippen LogP contribution in [0.5, 0.6) is 11.6 Å².